The van der Waals surface area contributed by atoms with Gasteiger partial charge in [-0.3, -0.25) is 11.7 Å². The Morgan fingerprint density at radius 3 is 2.07 bits per heavy atom. The second kappa shape index (κ2) is 5.74. The van der Waals surface area contributed by atoms with Crippen molar-refractivity contribution in [3.8, 4) is 0 Å². The lowest BCUT2D eigenvalue weighted by Crippen LogP contribution is -2.03. The van der Waals surface area contributed by atoms with Crippen LogP contribution in [0.5, 0.6) is 0 Å². The first kappa shape index (κ1) is 13.1. The third-order valence-corrected chi connectivity index (χ3v) is 1.71. The third-order valence-electron chi connectivity index (χ3n) is 1.71. The average molecular weight is 212 g/mol. The van der Waals surface area contributed by atoms with E-state index in [0.29, 0.717) is 5.56 Å². The van der Waals surface area contributed by atoms with E-state index < -0.39 is 11.9 Å². The van der Waals surface area contributed by atoms with E-state index in [9.17, 15) is 9.59 Å². The van der Waals surface area contributed by atoms with Crippen LogP contribution in [0.25, 0.3) is 0 Å². The van der Waals surface area contributed by atoms with E-state index in [4.69, 9.17) is 10.2 Å². The maximum absolute atomic E-state index is 10.6. The fourth-order valence-electron chi connectivity index (χ4n) is 0.985. The lowest BCUT2D eigenvalue weighted by molar-refractivity contribution is 0.0695. The Labute approximate surface area is 86.1 Å². The average Bonchev–Trinajstić information content (AvgIpc) is 2.20. The lowest BCUT2D eigenvalue weighted by atomic mass is 10.1. The fraction of sp³-hybridized carbons (Fsp3) is 0.111. The van der Waals surface area contributed by atoms with Crippen LogP contribution in [0.3, 0.4) is 0 Å². The number of carboxylic acids is 2. The summed E-state index contributed by atoms with van der Waals surface area (Å²) < 4.78 is 0. The molecule has 1 aromatic carbocycles. The van der Waals surface area contributed by atoms with Gasteiger partial charge in [0.25, 0.3) is 0 Å². The number of benzene rings is 1. The molecule has 0 fully saturated rings. The number of hydrazine groups is 1. The molecule has 0 aliphatic heterocycles. The first-order valence-corrected chi connectivity index (χ1v) is 3.93. The van der Waals surface area contributed by atoms with Gasteiger partial charge in [0.1, 0.15) is 0 Å². The van der Waals surface area contributed by atoms with Crippen LogP contribution in [0.15, 0.2) is 18.2 Å². The van der Waals surface area contributed by atoms with E-state index in [1.54, 1.807) is 6.92 Å². The van der Waals surface area contributed by atoms with E-state index in [-0.39, 0.29) is 11.1 Å². The largest absolute Gasteiger partial charge is 0.478 e. The van der Waals surface area contributed by atoms with E-state index in [2.05, 4.69) is 11.7 Å². The van der Waals surface area contributed by atoms with Gasteiger partial charge in [0.15, 0.2) is 0 Å². The highest BCUT2D eigenvalue weighted by molar-refractivity contribution is 5.94. The molecule has 0 saturated heterocycles. The maximum Gasteiger partial charge on any atom is 0.335 e. The molecule has 6 heteroatoms. The number of hydrogen-bond donors (Lipinski definition) is 4. The van der Waals surface area contributed by atoms with Gasteiger partial charge in [0.2, 0.25) is 0 Å². The summed E-state index contributed by atoms with van der Waals surface area (Å²) in [5, 5.41) is 17.3. The van der Waals surface area contributed by atoms with Gasteiger partial charge >= 0.3 is 11.9 Å². The first-order chi connectivity index (χ1) is 7.02. The Bertz CT molecular complexity index is 376. The predicted octanol–water partition coefficient (Wildman–Crippen LogP) is 0.210. The Balaban J connectivity index is 0.000000921. The first-order valence-electron chi connectivity index (χ1n) is 3.93. The van der Waals surface area contributed by atoms with Gasteiger partial charge in [-0.05, 0) is 24.6 Å². The summed E-state index contributed by atoms with van der Waals surface area (Å²) in [5.41, 5.74) is 0.570. The van der Waals surface area contributed by atoms with Gasteiger partial charge in [-0.15, -0.1) is 0 Å². The molecule has 1 rings (SSSR count). The minimum atomic E-state index is -1.12. The fourth-order valence-corrected chi connectivity index (χ4v) is 0.985. The standard InChI is InChI=1S/C9H8O4.H4N2/c1-5-2-3-6(8(10)11)4-7(5)9(12)13;1-2/h2-4H,1H3,(H,10,11)(H,12,13);1-2H2. The number of carbonyl (C=O) groups is 2. The summed E-state index contributed by atoms with van der Waals surface area (Å²) in [4.78, 5) is 21.1. The van der Waals surface area contributed by atoms with Crippen molar-refractivity contribution in [3.63, 3.8) is 0 Å². The van der Waals surface area contributed by atoms with Crippen LogP contribution in [0.2, 0.25) is 0 Å². The number of aromatic carboxylic acids is 2. The summed E-state index contributed by atoms with van der Waals surface area (Å²) in [6, 6.07) is 4.01. The zero-order chi connectivity index (χ0) is 12.0. The van der Waals surface area contributed by atoms with Crippen LogP contribution in [-0.2, 0) is 0 Å². The molecule has 0 spiro atoms. The molecule has 0 bridgehead atoms. The number of nitrogens with two attached hydrogens (primary N) is 2. The van der Waals surface area contributed by atoms with Gasteiger partial charge in [-0.1, -0.05) is 6.07 Å². The summed E-state index contributed by atoms with van der Waals surface area (Å²) in [6.45, 7) is 1.62. The quantitative estimate of drug-likeness (QED) is 0.410. The van der Waals surface area contributed by atoms with Crippen LogP contribution < -0.4 is 11.7 Å². The van der Waals surface area contributed by atoms with E-state index in [1.807, 2.05) is 0 Å². The Kier molecular flexibility index (Phi) is 5.00. The highest BCUT2D eigenvalue weighted by Crippen LogP contribution is 2.10. The monoisotopic (exact) mass is 212 g/mol. The molecule has 6 nitrogen and oxygen atoms in total. The number of aryl methyl sites for hydroxylation is 1. The molecular weight excluding hydrogens is 200 g/mol. The van der Waals surface area contributed by atoms with Crippen molar-refractivity contribution in [2.24, 2.45) is 11.7 Å². The van der Waals surface area contributed by atoms with Crippen molar-refractivity contribution in [1.29, 1.82) is 0 Å². The number of hydrogen-bond acceptors (Lipinski definition) is 4. The normalized spacial score (nSPS) is 8.73. The predicted molar refractivity (Wildman–Crippen MR) is 53.5 cm³/mol. The van der Waals surface area contributed by atoms with Crippen LogP contribution in [0.1, 0.15) is 26.3 Å². The van der Waals surface area contributed by atoms with E-state index in [0.717, 1.165) is 6.07 Å². The molecule has 0 unspecified atom stereocenters. The lowest BCUT2D eigenvalue weighted by Gasteiger charge is -2.01. The Morgan fingerprint density at radius 1 is 1.13 bits per heavy atom. The topological polar surface area (TPSA) is 127 Å². The molecule has 0 aliphatic carbocycles. The highest BCUT2D eigenvalue weighted by atomic mass is 16.4. The zero-order valence-corrected chi connectivity index (χ0v) is 8.10. The van der Waals surface area contributed by atoms with Crippen molar-refractivity contribution < 1.29 is 19.8 Å². The summed E-state index contributed by atoms with van der Waals surface area (Å²) >= 11 is 0. The van der Waals surface area contributed by atoms with Gasteiger partial charge in [-0.25, -0.2) is 9.59 Å². The molecule has 82 valence electrons. The summed E-state index contributed by atoms with van der Waals surface area (Å²) in [6.07, 6.45) is 0. The van der Waals surface area contributed by atoms with Gasteiger partial charge in [0, 0.05) is 0 Å². The molecule has 0 saturated carbocycles. The minimum Gasteiger partial charge on any atom is -0.478 e. The zero-order valence-electron chi connectivity index (χ0n) is 8.10. The smallest absolute Gasteiger partial charge is 0.335 e. The number of carboxylic acid groups (broad SMARTS) is 2. The second-order valence-corrected chi connectivity index (χ2v) is 2.64. The Morgan fingerprint density at radius 2 is 1.67 bits per heavy atom. The molecule has 0 aliphatic rings. The molecule has 0 radical (unpaired) electrons. The third kappa shape index (κ3) is 3.37. The highest BCUT2D eigenvalue weighted by Gasteiger charge is 2.10. The van der Waals surface area contributed by atoms with Crippen LogP contribution in [-0.4, -0.2) is 22.2 Å². The van der Waals surface area contributed by atoms with E-state index >= 15 is 0 Å². The van der Waals surface area contributed by atoms with Crippen LogP contribution in [0.4, 0.5) is 0 Å². The minimum absolute atomic E-state index is 0.0111. The van der Waals surface area contributed by atoms with Crippen LogP contribution >= 0.6 is 0 Å². The van der Waals surface area contributed by atoms with Crippen LogP contribution in [0, 0.1) is 6.92 Å². The molecule has 15 heavy (non-hydrogen) atoms. The Hall–Kier alpha value is -1.92. The molecule has 0 amide bonds. The molecule has 0 aromatic heterocycles. The van der Waals surface area contributed by atoms with Gasteiger partial charge < -0.3 is 10.2 Å². The summed E-state index contributed by atoms with van der Waals surface area (Å²) in [7, 11) is 0. The SMILES string of the molecule is Cc1ccc(C(=O)O)cc1C(=O)O.NN. The van der Waals surface area contributed by atoms with E-state index in [1.165, 1.54) is 12.1 Å². The molecular formula is C9H12N2O4. The van der Waals surface area contributed by atoms with Crippen molar-refractivity contribution >= 4 is 11.9 Å². The maximum atomic E-state index is 10.6. The second-order valence-electron chi connectivity index (χ2n) is 2.64. The molecule has 0 atom stereocenters. The van der Waals surface area contributed by atoms with Gasteiger partial charge in [-0.2, -0.15) is 0 Å². The van der Waals surface area contributed by atoms with Gasteiger partial charge in [0.05, 0.1) is 11.1 Å². The van der Waals surface area contributed by atoms with Crippen molar-refractivity contribution in [2.75, 3.05) is 0 Å². The summed E-state index contributed by atoms with van der Waals surface area (Å²) in [5.74, 6) is 5.77. The van der Waals surface area contributed by atoms with Crippen molar-refractivity contribution in [2.45, 2.75) is 6.92 Å². The number of rotatable bonds is 2. The molecule has 6 N–H and O–H groups in total. The van der Waals surface area contributed by atoms with Crippen molar-refractivity contribution in [1.82, 2.24) is 0 Å². The molecule has 0 heterocycles. The van der Waals surface area contributed by atoms with Crippen molar-refractivity contribution in [3.05, 3.63) is 34.9 Å². The molecule has 1 aromatic rings.